The molecule has 0 heterocycles. The zero-order chi connectivity index (χ0) is 27.0. The predicted octanol–water partition coefficient (Wildman–Crippen LogP) is 7.34. The van der Waals surface area contributed by atoms with Crippen molar-refractivity contribution in [2.24, 2.45) is 0 Å². The summed E-state index contributed by atoms with van der Waals surface area (Å²) < 4.78 is 16.6. The molecule has 0 fully saturated rings. The highest BCUT2D eigenvalue weighted by atomic mass is 16.5. The van der Waals surface area contributed by atoms with E-state index in [0.29, 0.717) is 49.7 Å². The molecule has 0 aliphatic rings. The van der Waals surface area contributed by atoms with E-state index in [1.807, 2.05) is 97.9 Å². The number of ether oxygens (including phenoxy) is 3. The van der Waals surface area contributed by atoms with Crippen LogP contribution in [-0.4, -0.2) is 24.8 Å². The Morgan fingerprint density at radius 1 is 0.632 bits per heavy atom. The molecular formula is C33H34O5. The third-order valence-electron chi connectivity index (χ3n) is 5.57. The first-order chi connectivity index (χ1) is 18.5. The van der Waals surface area contributed by atoms with Crippen molar-refractivity contribution >= 4 is 11.6 Å². The molecule has 38 heavy (non-hydrogen) atoms. The van der Waals surface area contributed by atoms with Crippen molar-refractivity contribution in [1.29, 1.82) is 0 Å². The van der Waals surface area contributed by atoms with Gasteiger partial charge in [0.25, 0.3) is 0 Å². The van der Waals surface area contributed by atoms with Crippen LogP contribution in [0.3, 0.4) is 0 Å². The van der Waals surface area contributed by atoms with Gasteiger partial charge in [-0.3, -0.25) is 9.59 Å². The molecule has 0 unspecified atom stereocenters. The van der Waals surface area contributed by atoms with Crippen LogP contribution in [0.25, 0.3) is 0 Å². The SMILES string of the molecule is CC(=O)c1cccc(OCc2ccccc2)c1.CCOCCC(=O)c1cccc(OCc2ccccc2)c1. The Balaban J connectivity index is 0.000000215. The number of rotatable bonds is 12. The van der Waals surface area contributed by atoms with Gasteiger partial charge in [0.2, 0.25) is 0 Å². The number of ketones is 2. The standard InChI is InChI=1S/C18H20O3.C15H14O2/c1-2-20-12-11-18(19)16-9-6-10-17(13-16)21-14-15-7-4-3-5-8-15;1-12(16)14-8-5-9-15(10-14)17-11-13-6-3-2-4-7-13/h3-10,13H,2,11-12,14H2,1H3;2-10H,11H2,1H3. The van der Waals surface area contributed by atoms with E-state index < -0.39 is 0 Å². The van der Waals surface area contributed by atoms with Gasteiger partial charge in [0, 0.05) is 24.2 Å². The highest BCUT2D eigenvalue weighted by Crippen LogP contribution is 2.17. The number of carbonyl (C=O) groups excluding carboxylic acids is 2. The molecule has 0 bridgehead atoms. The minimum absolute atomic E-state index is 0.0511. The van der Waals surface area contributed by atoms with Crippen LogP contribution in [0.5, 0.6) is 11.5 Å². The summed E-state index contributed by atoms with van der Waals surface area (Å²) in [6, 6.07) is 34.4. The van der Waals surface area contributed by atoms with Gasteiger partial charge in [-0.2, -0.15) is 0 Å². The minimum atomic E-state index is 0.0511. The van der Waals surface area contributed by atoms with Crippen LogP contribution < -0.4 is 9.47 Å². The Morgan fingerprint density at radius 3 is 1.63 bits per heavy atom. The lowest BCUT2D eigenvalue weighted by Gasteiger charge is -2.08. The fourth-order valence-corrected chi connectivity index (χ4v) is 3.50. The Kier molecular flexibility index (Phi) is 11.8. The first-order valence-corrected chi connectivity index (χ1v) is 12.7. The lowest BCUT2D eigenvalue weighted by Crippen LogP contribution is -2.05. The highest BCUT2D eigenvalue weighted by molar-refractivity contribution is 5.96. The van der Waals surface area contributed by atoms with E-state index in [0.717, 1.165) is 16.9 Å². The van der Waals surface area contributed by atoms with Crippen LogP contribution >= 0.6 is 0 Å². The van der Waals surface area contributed by atoms with Crippen molar-refractivity contribution in [1.82, 2.24) is 0 Å². The zero-order valence-corrected chi connectivity index (χ0v) is 22.0. The van der Waals surface area contributed by atoms with Crippen molar-refractivity contribution in [2.45, 2.75) is 33.5 Å². The first kappa shape index (κ1) is 28.4. The van der Waals surface area contributed by atoms with Gasteiger partial charge < -0.3 is 14.2 Å². The maximum atomic E-state index is 12.0. The van der Waals surface area contributed by atoms with Crippen molar-refractivity contribution in [3.8, 4) is 11.5 Å². The molecular weight excluding hydrogens is 476 g/mol. The predicted molar refractivity (Wildman–Crippen MR) is 150 cm³/mol. The van der Waals surface area contributed by atoms with Gasteiger partial charge >= 0.3 is 0 Å². The fourth-order valence-electron chi connectivity index (χ4n) is 3.50. The fraction of sp³-hybridized carbons (Fsp3) is 0.212. The largest absolute Gasteiger partial charge is 0.489 e. The van der Waals surface area contributed by atoms with Crippen molar-refractivity contribution in [3.63, 3.8) is 0 Å². The number of hydrogen-bond donors (Lipinski definition) is 0. The molecule has 4 rings (SSSR count). The molecule has 196 valence electrons. The van der Waals surface area contributed by atoms with E-state index >= 15 is 0 Å². The van der Waals surface area contributed by atoms with Crippen molar-refractivity contribution in [3.05, 3.63) is 131 Å². The Morgan fingerprint density at radius 2 is 1.13 bits per heavy atom. The van der Waals surface area contributed by atoms with Gasteiger partial charge in [-0.15, -0.1) is 0 Å². The smallest absolute Gasteiger partial charge is 0.165 e. The Labute approximate surface area is 225 Å². The van der Waals surface area contributed by atoms with Gasteiger partial charge in [-0.1, -0.05) is 84.9 Å². The first-order valence-electron chi connectivity index (χ1n) is 12.7. The Hall–Kier alpha value is -4.22. The third-order valence-corrected chi connectivity index (χ3v) is 5.57. The maximum Gasteiger partial charge on any atom is 0.165 e. The van der Waals surface area contributed by atoms with Gasteiger partial charge in [0.05, 0.1) is 6.61 Å². The lowest BCUT2D eigenvalue weighted by atomic mass is 10.1. The molecule has 0 atom stereocenters. The van der Waals surface area contributed by atoms with Crippen LogP contribution in [0, 0.1) is 0 Å². The summed E-state index contributed by atoms with van der Waals surface area (Å²) >= 11 is 0. The second-order valence-electron chi connectivity index (χ2n) is 8.53. The number of carbonyl (C=O) groups is 2. The summed E-state index contributed by atoms with van der Waals surface area (Å²) in [5.41, 5.74) is 3.56. The molecule has 0 radical (unpaired) electrons. The van der Waals surface area contributed by atoms with Crippen LogP contribution in [0.15, 0.2) is 109 Å². The summed E-state index contributed by atoms with van der Waals surface area (Å²) in [6.45, 7) is 5.58. The van der Waals surface area contributed by atoms with Crippen LogP contribution in [0.1, 0.15) is 52.1 Å². The monoisotopic (exact) mass is 510 g/mol. The van der Waals surface area contributed by atoms with Crippen LogP contribution in [0.2, 0.25) is 0 Å². The lowest BCUT2D eigenvalue weighted by molar-refractivity contribution is 0.0894. The number of hydrogen-bond acceptors (Lipinski definition) is 5. The molecule has 4 aromatic carbocycles. The molecule has 0 amide bonds. The molecule has 5 heteroatoms. The van der Waals surface area contributed by atoms with Gasteiger partial charge in [-0.25, -0.2) is 0 Å². The van der Waals surface area contributed by atoms with E-state index in [1.165, 1.54) is 0 Å². The van der Waals surface area contributed by atoms with E-state index in [9.17, 15) is 9.59 Å². The second-order valence-corrected chi connectivity index (χ2v) is 8.53. The summed E-state index contributed by atoms with van der Waals surface area (Å²) in [5, 5.41) is 0. The quantitative estimate of drug-likeness (QED) is 0.147. The normalized spacial score (nSPS) is 10.2. The minimum Gasteiger partial charge on any atom is -0.489 e. The van der Waals surface area contributed by atoms with E-state index in [2.05, 4.69) is 0 Å². The molecule has 0 saturated carbocycles. The van der Waals surface area contributed by atoms with Crippen LogP contribution in [-0.2, 0) is 18.0 Å². The van der Waals surface area contributed by atoms with E-state index in [1.54, 1.807) is 25.1 Å². The van der Waals surface area contributed by atoms with Crippen molar-refractivity contribution in [2.75, 3.05) is 13.2 Å². The summed E-state index contributed by atoms with van der Waals surface area (Å²) in [7, 11) is 0. The van der Waals surface area contributed by atoms with Crippen LogP contribution in [0.4, 0.5) is 0 Å². The van der Waals surface area contributed by atoms with Gasteiger partial charge in [0.1, 0.15) is 24.7 Å². The molecule has 0 aliphatic carbocycles. The average Bonchev–Trinajstić information content (AvgIpc) is 2.97. The maximum absolute atomic E-state index is 12.0. The molecule has 0 aromatic heterocycles. The summed E-state index contributed by atoms with van der Waals surface area (Å²) in [4.78, 5) is 23.2. The van der Waals surface area contributed by atoms with Gasteiger partial charge in [0.15, 0.2) is 11.6 Å². The molecule has 0 aliphatic heterocycles. The Bertz CT molecular complexity index is 1270. The summed E-state index contributed by atoms with van der Waals surface area (Å²) in [6.07, 6.45) is 0.399. The highest BCUT2D eigenvalue weighted by Gasteiger charge is 2.07. The van der Waals surface area contributed by atoms with Crippen molar-refractivity contribution < 1.29 is 23.8 Å². The zero-order valence-electron chi connectivity index (χ0n) is 22.0. The number of Topliss-reactive ketones (excluding diaryl/α,β-unsaturated/α-hetero) is 2. The molecule has 4 aromatic rings. The molecule has 5 nitrogen and oxygen atoms in total. The molecule has 0 saturated heterocycles. The second kappa shape index (κ2) is 15.8. The van der Waals surface area contributed by atoms with E-state index in [-0.39, 0.29) is 11.6 Å². The molecule has 0 N–H and O–H groups in total. The molecule has 0 spiro atoms. The van der Waals surface area contributed by atoms with Gasteiger partial charge in [-0.05, 0) is 49.2 Å². The summed E-state index contributed by atoms with van der Waals surface area (Å²) in [5.74, 6) is 1.56. The topological polar surface area (TPSA) is 61.8 Å². The van der Waals surface area contributed by atoms with E-state index in [4.69, 9.17) is 14.2 Å². The third kappa shape index (κ3) is 10.0. The number of benzene rings is 4. The average molecular weight is 511 g/mol.